The average molecular weight is 458 g/mol. The molecule has 3 aromatic carbocycles. The van der Waals surface area contributed by atoms with Crippen LogP contribution in [0.4, 0.5) is 0 Å². The molecule has 33 heavy (non-hydrogen) atoms. The summed E-state index contributed by atoms with van der Waals surface area (Å²) in [6.07, 6.45) is 2.09. The van der Waals surface area contributed by atoms with E-state index in [-0.39, 0.29) is 18.4 Å². The van der Waals surface area contributed by atoms with Gasteiger partial charge in [-0.2, -0.15) is 0 Å². The van der Waals surface area contributed by atoms with Gasteiger partial charge in [0.1, 0.15) is 41.2 Å². The number of benzene rings is 3. The highest BCUT2D eigenvalue weighted by Crippen LogP contribution is 2.34. The maximum Gasteiger partial charge on any atom is 0.139 e. The molecule has 1 aliphatic rings. The van der Waals surface area contributed by atoms with Gasteiger partial charge in [-0.3, -0.25) is 0 Å². The van der Waals surface area contributed by atoms with Crippen molar-refractivity contribution in [3.63, 3.8) is 0 Å². The molecule has 0 spiro atoms. The molecule has 3 atom stereocenters. The van der Waals surface area contributed by atoms with Crippen LogP contribution in [0.15, 0.2) is 85.1 Å². The van der Waals surface area contributed by atoms with E-state index in [4.69, 9.17) is 26.4 Å². The Morgan fingerprint density at radius 2 is 1.55 bits per heavy atom. The molecule has 0 N–H and O–H groups in total. The third kappa shape index (κ3) is 4.80. The summed E-state index contributed by atoms with van der Waals surface area (Å²) >= 11 is 5.82. The molecule has 0 unspecified atom stereocenters. The van der Waals surface area contributed by atoms with Gasteiger partial charge >= 0.3 is 0 Å². The van der Waals surface area contributed by atoms with Crippen molar-refractivity contribution in [2.45, 2.75) is 38.7 Å². The Kier molecular flexibility index (Phi) is 6.16. The molecule has 1 fully saturated rings. The van der Waals surface area contributed by atoms with E-state index in [9.17, 15) is 0 Å². The van der Waals surface area contributed by atoms with Crippen LogP contribution in [0, 0.1) is 18.5 Å². The van der Waals surface area contributed by atoms with Gasteiger partial charge in [-0.05, 0) is 49.6 Å². The SMILES string of the molecule is Cc1ccc(OC[C@H]2O[C@@H](n3ccc4ccccc4c3=S)C[C@@H]2Oc2ccc(C)cc2)cc1. The number of nitrogens with zero attached hydrogens (tertiary/aromatic N) is 1. The third-order valence-electron chi connectivity index (χ3n) is 6.07. The van der Waals surface area contributed by atoms with Crippen molar-refractivity contribution in [3.05, 3.63) is 101 Å². The van der Waals surface area contributed by atoms with Crippen LogP contribution in [0.1, 0.15) is 23.8 Å². The first-order valence-corrected chi connectivity index (χ1v) is 11.7. The highest BCUT2D eigenvalue weighted by atomic mass is 32.1. The molecule has 1 saturated heterocycles. The fraction of sp³-hybridized carbons (Fsp3) is 0.250. The fourth-order valence-corrected chi connectivity index (χ4v) is 4.55. The molecule has 0 radical (unpaired) electrons. The van der Waals surface area contributed by atoms with E-state index in [1.165, 1.54) is 11.1 Å². The van der Waals surface area contributed by atoms with E-state index >= 15 is 0 Å². The Hall–Kier alpha value is -3.15. The summed E-state index contributed by atoms with van der Waals surface area (Å²) < 4.78 is 21.7. The summed E-state index contributed by atoms with van der Waals surface area (Å²) in [7, 11) is 0. The van der Waals surface area contributed by atoms with Crippen molar-refractivity contribution in [3.8, 4) is 11.5 Å². The first kappa shape index (κ1) is 21.7. The van der Waals surface area contributed by atoms with Crippen molar-refractivity contribution < 1.29 is 14.2 Å². The number of aromatic nitrogens is 1. The monoisotopic (exact) mass is 457 g/mol. The van der Waals surface area contributed by atoms with Gasteiger partial charge in [0.2, 0.25) is 0 Å². The second-order valence-corrected chi connectivity index (χ2v) is 8.96. The number of hydrogen-bond acceptors (Lipinski definition) is 4. The number of pyridine rings is 1. The molecule has 0 bridgehead atoms. The van der Waals surface area contributed by atoms with Gasteiger partial charge in [0.25, 0.3) is 0 Å². The normalized spacial score (nSPS) is 20.1. The summed E-state index contributed by atoms with van der Waals surface area (Å²) in [5, 5.41) is 2.18. The maximum atomic E-state index is 6.48. The van der Waals surface area contributed by atoms with E-state index < -0.39 is 0 Å². The van der Waals surface area contributed by atoms with Gasteiger partial charge in [-0.1, -0.05) is 71.9 Å². The van der Waals surface area contributed by atoms with Crippen LogP contribution in [0.2, 0.25) is 0 Å². The molecule has 4 nitrogen and oxygen atoms in total. The number of rotatable bonds is 6. The van der Waals surface area contributed by atoms with Crippen molar-refractivity contribution in [1.82, 2.24) is 4.57 Å². The lowest BCUT2D eigenvalue weighted by Crippen LogP contribution is -2.32. The molecule has 1 aromatic heterocycles. The van der Waals surface area contributed by atoms with Crippen LogP contribution in [0.25, 0.3) is 10.8 Å². The molecule has 4 aromatic rings. The summed E-state index contributed by atoms with van der Waals surface area (Å²) in [6.45, 7) is 4.53. The number of hydrogen-bond donors (Lipinski definition) is 0. The minimum absolute atomic E-state index is 0.156. The molecule has 5 rings (SSSR count). The smallest absolute Gasteiger partial charge is 0.139 e. The fourth-order valence-electron chi connectivity index (χ4n) is 4.18. The van der Waals surface area contributed by atoms with Crippen molar-refractivity contribution in [1.29, 1.82) is 0 Å². The molecule has 5 heteroatoms. The number of fused-ring (bicyclic) bond motifs is 1. The van der Waals surface area contributed by atoms with Gasteiger partial charge in [0.05, 0.1) is 0 Å². The standard InChI is InChI=1S/C28H27NO3S/c1-19-7-11-22(12-8-19)30-18-26-25(31-23-13-9-20(2)10-14-23)17-27(32-26)29-16-15-21-5-3-4-6-24(21)28(29)33/h3-16,25-27H,17-18H2,1-2H3/t25-,26+,27+/m0/s1. The first-order valence-electron chi connectivity index (χ1n) is 11.2. The molecule has 0 amide bonds. The Bertz CT molecular complexity index is 1300. The van der Waals surface area contributed by atoms with Gasteiger partial charge in [-0.25, -0.2) is 0 Å². The molecule has 168 valence electrons. The highest BCUT2D eigenvalue weighted by molar-refractivity contribution is 7.71. The molecular formula is C28H27NO3S. The zero-order valence-corrected chi connectivity index (χ0v) is 19.6. The zero-order valence-electron chi connectivity index (χ0n) is 18.8. The quantitative estimate of drug-likeness (QED) is 0.298. The summed E-state index contributed by atoms with van der Waals surface area (Å²) in [5.74, 6) is 1.65. The van der Waals surface area contributed by atoms with Gasteiger partial charge in [0.15, 0.2) is 0 Å². The summed E-state index contributed by atoms with van der Waals surface area (Å²) in [6, 6.07) is 26.4. The molecule has 1 aliphatic heterocycles. The highest BCUT2D eigenvalue weighted by Gasteiger charge is 2.38. The zero-order chi connectivity index (χ0) is 22.8. The van der Waals surface area contributed by atoms with E-state index in [2.05, 4.69) is 44.2 Å². The summed E-state index contributed by atoms with van der Waals surface area (Å²) in [4.78, 5) is 0. The molecular weight excluding hydrogens is 430 g/mol. The lowest BCUT2D eigenvalue weighted by atomic mass is 10.1. The Labute approximate surface area is 199 Å². The third-order valence-corrected chi connectivity index (χ3v) is 6.51. The number of ether oxygens (including phenoxy) is 3. The van der Waals surface area contributed by atoms with Crippen molar-refractivity contribution >= 4 is 23.0 Å². The molecule has 2 heterocycles. The van der Waals surface area contributed by atoms with Crippen LogP contribution in [0.5, 0.6) is 11.5 Å². The maximum absolute atomic E-state index is 6.48. The average Bonchev–Trinajstić information content (AvgIpc) is 3.23. The summed E-state index contributed by atoms with van der Waals surface area (Å²) in [5.41, 5.74) is 2.40. The van der Waals surface area contributed by atoms with E-state index in [0.717, 1.165) is 26.9 Å². The van der Waals surface area contributed by atoms with Crippen molar-refractivity contribution in [2.24, 2.45) is 0 Å². The van der Waals surface area contributed by atoms with Crippen LogP contribution in [-0.4, -0.2) is 23.4 Å². The van der Waals surface area contributed by atoms with Crippen LogP contribution in [-0.2, 0) is 4.74 Å². The predicted octanol–water partition coefficient (Wildman–Crippen LogP) is 6.80. The van der Waals surface area contributed by atoms with E-state index in [1.807, 2.05) is 59.3 Å². The minimum Gasteiger partial charge on any atom is -0.491 e. The topological polar surface area (TPSA) is 32.6 Å². The molecule has 0 saturated carbocycles. The lowest BCUT2D eigenvalue weighted by Gasteiger charge is -2.20. The van der Waals surface area contributed by atoms with Gasteiger partial charge in [-0.15, -0.1) is 0 Å². The van der Waals surface area contributed by atoms with Crippen molar-refractivity contribution in [2.75, 3.05) is 6.61 Å². The number of aryl methyl sites for hydroxylation is 2. The van der Waals surface area contributed by atoms with Crippen LogP contribution in [0.3, 0.4) is 0 Å². The second-order valence-electron chi connectivity index (χ2n) is 8.57. The van der Waals surface area contributed by atoms with Gasteiger partial charge in [0, 0.05) is 18.0 Å². The molecule has 0 aliphatic carbocycles. The van der Waals surface area contributed by atoms with E-state index in [1.54, 1.807) is 0 Å². The Morgan fingerprint density at radius 3 is 2.27 bits per heavy atom. The first-order chi connectivity index (χ1) is 16.1. The van der Waals surface area contributed by atoms with Crippen LogP contribution >= 0.6 is 12.2 Å². The predicted molar refractivity (Wildman–Crippen MR) is 134 cm³/mol. The lowest BCUT2D eigenvalue weighted by molar-refractivity contribution is -0.0359. The second kappa shape index (κ2) is 9.38. The van der Waals surface area contributed by atoms with Crippen LogP contribution < -0.4 is 9.47 Å². The Balaban J connectivity index is 1.39. The largest absolute Gasteiger partial charge is 0.491 e. The van der Waals surface area contributed by atoms with E-state index in [0.29, 0.717) is 13.0 Å². The van der Waals surface area contributed by atoms with Gasteiger partial charge < -0.3 is 18.8 Å². The Morgan fingerprint density at radius 1 is 0.879 bits per heavy atom. The minimum atomic E-state index is -0.231.